The smallest absolute Gasteiger partial charge is 0.223 e. The highest BCUT2D eigenvalue weighted by atomic mass is 19.1. The first kappa shape index (κ1) is 18.8. The van der Waals surface area contributed by atoms with Crippen LogP contribution in [-0.2, 0) is 16.0 Å². The van der Waals surface area contributed by atoms with Crippen molar-refractivity contribution < 1.29 is 19.1 Å². The number of benzene rings is 1. The van der Waals surface area contributed by atoms with Gasteiger partial charge in [-0.25, -0.2) is 4.39 Å². The van der Waals surface area contributed by atoms with Gasteiger partial charge in [-0.1, -0.05) is 6.07 Å². The van der Waals surface area contributed by atoms with Crippen LogP contribution in [-0.4, -0.2) is 52.0 Å². The molecular weight excluding hydrogens is 335 g/mol. The van der Waals surface area contributed by atoms with Crippen molar-refractivity contribution in [2.75, 3.05) is 13.1 Å². The van der Waals surface area contributed by atoms with Gasteiger partial charge in [0, 0.05) is 32.0 Å². The molecule has 6 heteroatoms. The van der Waals surface area contributed by atoms with Gasteiger partial charge in [0.2, 0.25) is 11.8 Å². The number of hydrogen-bond acceptors (Lipinski definition) is 3. The molecule has 1 saturated heterocycles. The Labute approximate surface area is 153 Å². The van der Waals surface area contributed by atoms with Gasteiger partial charge in [0.1, 0.15) is 5.82 Å². The molecule has 0 aromatic heterocycles. The molecule has 1 aromatic carbocycles. The Balaban J connectivity index is 1.60. The SMILES string of the molecule is CC1Cc2cc(F)ccc2C(C)N1C(=O)CCC(=O)N1CCC(O)CC1. The summed E-state index contributed by atoms with van der Waals surface area (Å²) in [6, 6.07) is 4.60. The number of aliphatic hydroxyl groups is 1. The quantitative estimate of drug-likeness (QED) is 0.898. The summed E-state index contributed by atoms with van der Waals surface area (Å²) in [5.41, 5.74) is 1.94. The summed E-state index contributed by atoms with van der Waals surface area (Å²) in [5, 5.41) is 9.53. The number of carbonyl (C=O) groups excluding carboxylic acids is 2. The predicted octanol–water partition coefficient (Wildman–Crippen LogP) is 2.42. The van der Waals surface area contributed by atoms with Gasteiger partial charge in [0.15, 0.2) is 0 Å². The number of halogens is 1. The van der Waals surface area contributed by atoms with E-state index < -0.39 is 0 Å². The standard InChI is InChI=1S/C20H27FN2O3/c1-13-11-15-12-16(21)3-4-18(15)14(2)23(13)20(26)6-5-19(25)22-9-7-17(24)8-10-22/h3-4,12-14,17,24H,5-11H2,1-2H3. The average molecular weight is 362 g/mol. The molecule has 0 bridgehead atoms. The van der Waals surface area contributed by atoms with Crippen LogP contribution in [0.2, 0.25) is 0 Å². The predicted molar refractivity (Wildman–Crippen MR) is 95.9 cm³/mol. The molecule has 1 aromatic rings. The highest BCUT2D eigenvalue weighted by Gasteiger charge is 2.33. The molecule has 0 radical (unpaired) electrons. The summed E-state index contributed by atoms with van der Waals surface area (Å²) in [4.78, 5) is 28.7. The van der Waals surface area contributed by atoms with E-state index in [0.717, 1.165) is 11.1 Å². The number of aliphatic hydroxyl groups excluding tert-OH is 1. The molecule has 2 aliphatic heterocycles. The third kappa shape index (κ3) is 3.90. The maximum Gasteiger partial charge on any atom is 0.223 e. The monoisotopic (exact) mass is 362 g/mol. The van der Waals surface area contributed by atoms with Crippen molar-refractivity contribution in [2.45, 2.75) is 64.1 Å². The molecule has 2 aliphatic rings. The molecule has 142 valence electrons. The zero-order chi connectivity index (χ0) is 18.8. The zero-order valence-electron chi connectivity index (χ0n) is 15.4. The molecular formula is C20H27FN2O3. The third-order valence-corrected chi connectivity index (χ3v) is 5.62. The van der Waals surface area contributed by atoms with E-state index in [0.29, 0.717) is 32.4 Å². The van der Waals surface area contributed by atoms with Gasteiger partial charge in [-0.15, -0.1) is 0 Å². The maximum atomic E-state index is 13.5. The van der Waals surface area contributed by atoms with E-state index in [-0.39, 0.29) is 48.7 Å². The number of likely N-dealkylation sites (tertiary alicyclic amines) is 1. The molecule has 2 atom stereocenters. The fourth-order valence-electron chi connectivity index (χ4n) is 4.18. The van der Waals surface area contributed by atoms with Crippen LogP contribution >= 0.6 is 0 Å². The van der Waals surface area contributed by atoms with E-state index in [1.807, 2.05) is 18.7 Å². The maximum absolute atomic E-state index is 13.5. The second-order valence-electron chi connectivity index (χ2n) is 7.49. The first-order valence-corrected chi connectivity index (χ1v) is 9.42. The lowest BCUT2D eigenvalue weighted by molar-refractivity contribution is -0.141. The highest BCUT2D eigenvalue weighted by Crippen LogP contribution is 2.33. The van der Waals surface area contributed by atoms with Gasteiger partial charge < -0.3 is 14.9 Å². The number of fused-ring (bicyclic) bond motifs is 1. The number of carbonyl (C=O) groups is 2. The van der Waals surface area contributed by atoms with E-state index >= 15 is 0 Å². The molecule has 26 heavy (non-hydrogen) atoms. The summed E-state index contributed by atoms with van der Waals surface area (Å²) in [5.74, 6) is -0.310. The van der Waals surface area contributed by atoms with E-state index in [1.54, 1.807) is 17.0 Å². The molecule has 0 aliphatic carbocycles. The Kier molecular flexibility index (Phi) is 5.61. The molecule has 2 unspecified atom stereocenters. The van der Waals surface area contributed by atoms with Gasteiger partial charge in [-0.05, 0) is 56.4 Å². The summed E-state index contributed by atoms with van der Waals surface area (Å²) >= 11 is 0. The number of rotatable bonds is 3. The summed E-state index contributed by atoms with van der Waals surface area (Å²) in [6.45, 7) is 5.04. The molecule has 5 nitrogen and oxygen atoms in total. The summed E-state index contributed by atoms with van der Waals surface area (Å²) < 4.78 is 13.5. The van der Waals surface area contributed by atoms with Crippen LogP contribution in [0.3, 0.4) is 0 Å². The lowest BCUT2D eigenvalue weighted by Gasteiger charge is -2.40. The fourth-order valence-corrected chi connectivity index (χ4v) is 4.18. The Morgan fingerprint density at radius 2 is 1.81 bits per heavy atom. The van der Waals surface area contributed by atoms with Crippen molar-refractivity contribution in [3.63, 3.8) is 0 Å². The molecule has 1 N–H and O–H groups in total. The van der Waals surface area contributed by atoms with Gasteiger partial charge >= 0.3 is 0 Å². The number of amides is 2. The van der Waals surface area contributed by atoms with Gasteiger partial charge in [0.25, 0.3) is 0 Å². The lowest BCUT2D eigenvalue weighted by Crippen LogP contribution is -2.45. The molecule has 1 fully saturated rings. The lowest BCUT2D eigenvalue weighted by atomic mass is 9.89. The van der Waals surface area contributed by atoms with E-state index in [9.17, 15) is 19.1 Å². The molecule has 0 saturated carbocycles. The Morgan fingerprint density at radius 1 is 1.15 bits per heavy atom. The average Bonchev–Trinajstić information content (AvgIpc) is 2.60. The first-order chi connectivity index (χ1) is 12.4. The van der Waals surface area contributed by atoms with E-state index in [4.69, 9.17) is 0 Å². The van der Waals surface area contributed by atoms with Gasteiger partial charge in [-0.3, -0.25) is 9.59 Å². The Hall–Kier alpha value is -1.95. The molecule has 2 heterocycles. The third-order valence-electron chi connectivity index (χ3n) is 5.62. The second-order valence-corrected chi connectivity index (χ2v) is 7.49. The Bertz CT molecular complexity index is 686. The summed E-state index contributed by atoms with van der Waals surface area (Å²) in [6.07, 6.45) is 1.90. The van der Waals surface area contributed by atoms with Crippen molar-refractivity contribution in [2.24, 2.45) is 0 Å². The van der Waals surface area contributed by atoms with Crippen LogP contribution in [0.5, 0.6) is 0 Å². The van der Waals surface area contributed by atoms with Crippen LogP contribution < -0.4 is 0 Å². The van der Waals surface area contributed by atoms with Crippen molar-refractivity contribution in [1.82, 2.24) is 9.80 Å². The molecule has 0 spiro atoms. The van der Waals surface area contributed by atoms with E-state index in [2.05, 4.69) is 0 Å². The Morgan fingerprint density at radius 3 is 2.50 bits per heavy atom. The van der Waals surface area contributed by atoms with Gasteiger partial charge in [0.05, 0.1) is 12.1 Å². The highest BCUT2D eigenvalue weighted by molar-refractivity contribution is 5.84. The largest absolute Gasteiger partial charge is 0.393 e. The van der Waals surface area contributed by atoms with E-state index in [1.165, 1.54) is 6.07 Å². The van der Waals surface area contributed by atoms with Crippen molar-refractivity contribution in [3.05, 3.63) is 35.1 Å². The number of nitrogens with zero attached hydrogens (tertiary/aromatic N) is 2. The van der Waals surface area contributed by atoms with Crippen molar-refractivity contribution in [1.29, 1.82) is 0 Å². The fraction of sp³-hybridized carbons (Fsp3) is 0.600. The second kappa shape index (κ2) is 7.74. The number of piperidine rings is 1. The minimum atomic E-state index is -0.319. The molecule has 2 amide bonds. The first-order valence-electron chi connectivity index (χ1n) is 9.42. The van der Waals surface area contributed by atoms with Crippen LogP contribution in [0.15, 0.2) is 18.2 Å². The van der Waals surface area contributed by atoms with Crippen LogP contribution in [0.25, 0.3) is 0 Å². The summed E-state index contributed by atoms with van der Waals surface area (Å²) in [7, 11) is 0. The van der Waals surface area contributed by atoms with Crippen molar-refractivity contribution in [3.8, 4) is 0 Å². The normalized spacial score (nSPS) is 23.7. The van der Waals surface area contributed by atoms with Crippen LogP contribution in [0, 0.1) is 5.82 Å². The topological polar surface area (TPSA) is 60.9 Å². The van der Waals surface area contributed by atoms with Crippen molar-refractivity contribution >= 4 is 11.8 Å². The minimum Gasteiger partial charge on any atom is -0.393 e. The van der Waals surface area contributed by atoms with Crippen LogP contribution in [0.4, 0.5) is 4.39 Å². The molecule has 3 rings (SSSR count). The number of hydrogen-bond donors (Lipinski definition) is 1. The van der Waals surface area contributed by atoms with Crippen LogP contribution in [0.1, 0.15) is 56.7 Å². The van der Waals surface area contributed by atoms with Gasteiger partial charge in [-0.2, -0.15) is 0 Å². The minimum absolute atomic E-state index is 0.0213. The zero-order valence-corrected chi connectivity index (χ0v) is 15.4.